The largest absolute Gasteiger partial charge is 0.487 e. The molecule has 0 spiro atoms. The van der Waals surface area contributed by atoms with E-state index in [1.54, 1.807) is 6.20 Å². The SMILES string of the molecule is CCc1ccc2nc(COc3ccnc(NCc4c(C)cc(N)nc4C)c3)cn2c1. The number of nitrogens with zero attached hydrogens (tertiary/aromatic N) is 4. The predicted molar refractivity (Wildman–Crippen MR) is 119 cm³/mol. The average molecular weight is 403 g/mol. The highest BCUT2D eigenvalue weighted by Crippen LogP contribution is 2.20. The van der Waals surface area contributed by atoms with Gasteiger partial charge in [0, 0.05) is 36.9 Å². The fraction of sp³-hybridized carbons (Fsp3) is 0.261. The molecular formula is C23H26N6O. The maximum Gasteiger partial charge on any atom is 0.137 e. The van der Waals surface area contributed by atoms with Crippen molar-refractivity contribution in [2.75, 3.05) is 11.1 Å². The highest BCUT2D eigenvalue weighted by molar-refractivity contribution is 5.45. The van der Waals surface area contributed by atoms with Gasteiger partial charge in [0.1, 0.15) is 29.6 Å². The van der Waals surface area contributed by atoms with E-state index < -0.39 is 0 Å². The zero-order chi connectivity index (χ0) is 21.1. The number of rotatable bonds is 7. The van der Waals surface area contributed by atoms with E-state index in [1.165, 1.54) is 5.56 Å². The van der Waals surface area contributed by atoms with Crippen LogP contribution in [-0.2, 0) is 19.6 Å². The number of imidazole rings is 1. The Morgan fingerprint density at radius 2 is 1.97 bits per heavy atom. The summed E-state index contributed by atoms with van der Waals surface area (Å²) in [5.74, 6) is 2.02. The summed E-state index contributed by atoms with van der Waals surface area (Å²) < 4.78 is 7.99. The summed E-state index contributed by atoms with van der Waals surface area (Å²) in [6, 6.07) is 9.76. The van der Waals surface area contributed by atoms with Gasteiger partial charge in [0.15, 0.2) is 0 Å². The Kier molecular flexibility index (Phi) is 5.52. The van der Waals surface area contributed by atoms with Crippen molar-refractivity contribution in [3.8, 4) is 5.75 Å². The van der Waals surface area contributed by atoms with Crippen molar-refractivity contribution in [2.24, 2.45) is 0 Å². The normalized spacial score (nSPS) is 11.0. The number of hydrogen-bond donors (Lipinski definition) is 2. The first-order valence-electron chi connectivity index (χ1n) is 10.0. The van der Waals surface area contributed by atoms with E-state index in [9.17, 15) is 0 Å². The molecule has 30 heavy (non-hydrogen) atoms. The maximum absolute atomic E-state index is 5.95. The van der Waals surface area contributed by atoms with E-state index in [0.717, 1.165) is 46.2 Å². The predicted octanol–water partition coefficient (Wildman–Crippen LogP) is 4.08. The van der Waals surface area contributed by atoms with Crippen LogP contribution in [0.2, 0.25) is 0 Å². The molecule has 4 heterocycles. The Balaban J connectivity index is 1.41. The number of hydrogen-bond acceptors (Lipinski definition) is 6. The molecule has 4 rings (SSSR count). The van der Waals surface area contributed by atoms with Gasteiger partial charge in [-0.05, 0) is 55.2 Å². The van der Waals surface area contributed by atoms with E-state index in [-0.39, 0.29) is 0 Å². The summed E-state index contributed by atoms with van der Waals surface area (Å²) in [6.07, 6.45) is 6.85. The molecule has 7 heteroatoms. The first-order valence-corrected chi connectivity index (χ1v) is 10.0. The zero-order valence-corrected chi connectivity index (χ0v) is 17.5. The third-order valence-electron chi connectivity index (χ3n) is 5.11. The van der Waals surface area contributed by atoms with Crippen LogP contribution in [0.5, 0.6) is 5.75 Å². The molecule has 7 nitrogen and oxygen atoms in total. The molecule has 0 atom stereocenters. The lowest BCUT2D eigenvalue weighted by molar-refractivity contribution is 0.302. The quantitative estimate of drug-likeness (QED) is 0.484. The van der Waals surface area contributed by atoms with Gasteiger partial charge in [-0.2, -0.15) is 0 Å². The van der Waals surface area contributed by atoms with Crippen molar-refractivity contribution in [1.29, 1.82) is 0 Å². The maximum atomic E-state index is 5.95. The molecule has 0 aliphatic rings. The number of fused-ring (bicyclic) bond motifs is 1. The van der Waals surface area contributed by atoms with Gasteiger partial charge in [-0.1, -0.05) is 13.0 Å². The fourth-order valence-corrected chi connectivity index (χ4v) is 3.46. The topological polar surface area (TPSA) is 90.4 Å². The molecule has 0 unspecified atom stereocenters. The third-order valence-corrected chi connectivity index (χ3v) is 5.11. The molecule has 0 saturated carbocycles. The van der Waals surface area contributed by atoms with Crippen molar-refractivity contribution >= 4 is 17.3 Å². The summed E-state index contributed by atoms with van der Waals surface area (Å²) >= 11 is 0. The van der Waals surface area contributed by atoms with Crippen LogP contribution >= 0.6 is 0 Å². The summed E-state index contributed by atoms with van der Waals surface area (Å²) in [5.41, 5.74) is 12.0. The van der Waals surface area contributed by atoms with Gasteiger partial charge in [0.25, 0.3) is 0 Å². The van der Waals surface area contributed by atoms with Crippen LogP contribution in [-0.4, -0.2) is 19.4 Å². The van der Waals surface area contributed by atoms with Crippen LogP contribution in [0.1, 0.15) is 35.0 Å². The molecule has 4 aromatic rings. The van der Waals surface area contributed by atoms with Gasteiger partial charge in [-0.15, -0.1) is 0 Å². The highest BCUT2D eigenvalue weighted by Gasteiger charge is 2.07. The molecular weight excluding hydrogens is 376 g/mol. The third kappa shape index (κ3) is 4.35. The molecule has 0 fully saturated rings. The van der Waals surface area contributed by atoms with Crippen LogP contribution in [0, 0.1) is 13.8 Å². The van der Waals surface area contributed by atoms with Crippen molar-refractivity contribution < 1.29 is 4.74 Å². The number of pyridine rings is 3. The first-order chi connectivity index (χ1) is 14.5. The van der Waals surface area contributed by atoms with E-state index in [1.807, 2.05) is 48.7 Å². The summed E-state index contributed by atoms with van der Waals surface area (Å²) in [5, 5.41) is 3.34. The number of nitrogens with one attached hydrogen (secondary N) is 1. The number of anilines is 2. The molecule has 4 aromatic heterocycles. The second kappa shape index (κ2) is 8.41. The molecule has 0 bridgehead atoms. The van der Waals surface area contributed by atoms with Crippen molar-refractivity contribution in [3.05, 3.63) is 77.0 Å². The highest BCUT2D eigenvalue weighted by atomic mass is 16.5. The van der Waals surface area contributed by atoms with Gasteiger partial charge in [-0.25, -0.2) is 15.0 Å². The fourth-order valence-electron chi connectivity index (χ4n) is 3.46. The van der Waals surface area contributed by atoms with Crippen LogP contribution in [0.3, 0.4) is 0 Å². The number of ether oxygens (including phenoxy) is 1. The minimum Gasteiger partial charge on any atom is -0.487 e. The van der Waals surface area contributed by atoms with Gasteiger partial charge in [0.2, 0.25) is 0 Å². The number of nitrogens with two attached hydrogens (primary N) is 1. The van der Waals surface area contributed by atoms with Gasteiger partial charge >= 0.3 is 0 Å². The smallest absolute Gasteiger partial charge is 0.137 e. The van der Waals surface area contributed by atoms with E-state index in [0.29, 0.717) is 19.0 Å². The average Bonchev–Trinajstić information content (AvgIpc) is 3.14. The second-order valence-electron chi connectivity index (χ2n) is 7.34. The second-order valence-corrected chi connectivity index (χ2v) is 7.34. The number of aromatic nitrogens is 4. The summed E-state index contributed by atoms with van der Waals surface area (Å²) in [6.45, 7) is 7.16. The molecule has 154 valence electrons. The van der Waals surface area contributed by atoms with Crippen LogP contribution in [0.25, 0.3) is 5.65 Å². The molecule has 0 aliphatic heterocycles. The Morgan fingerprint density at radius 3 is 2.77 bits per heavy atom. The molecule has 0 aromatic carbocycles. The monoisotopic (exact) mass is 402 g/mol. The standard InChI is InChI=1S/C23H26N6O/c1-4-17-5-6-23-28-18(13-29(23)12-17)14-30-19-7-8-25-22(10-19)26-11-20-15(2)9-21(24)27-16(20)3/h5-10,12-13H,4,11,14H2,1-3H3,(H2,24,27)(H,25,26). The van der Waals surface area contributed by atoms with E-state index in [4.69, 9.17) is 10.5 Å². The lowest BCUT2D eigenvalue weighted by atomic mass is 10.1. The van der Waals surface area contributed by atoms with Crippen molar-refractivity contribution in [3.63, 3.8) is 0 Å². The number of aryl methyl sites for hydroxylation is 3. The van der Waals surface area contributed by atoms with Crippen LogP contribution in [0.4, 0.5) is 11.6 Å². The molecule has 3 N–H and O–H groups in total. The van der Waals surface area contributed by atoms with E-state index in [2.05, 4.69) is 39.5 Å². The van der Waals surface area contributed by atoms with Crippen LogP contribution < -0.4 is 15.8 Å². The lowest BCUT2D eigenvalue weighted by Crippen LogP contribution is -2.07. The van der Waals surface area contributed by atoms with Gasteiger partial charge < -0.3 is 20.2 Å². The van der Waals surface area contributed by atoms with E-state index >= 15 is 0 Å². The molecule has 0 amide bonds. The Morgan fingerprint density at radius 1 is 1.10 bits per heavy atom. The number of nitrogen functional groups attached to an aromatic ring is 1. The summed E-state index contributed by atoms with van der Waals surface area (Å²) in [7, 11) is 0. The minimum atomic E-state index is 0.396. The van der Waals surface area contributed by atoms with Gasteiger partial charge in [0.05, 0.1) is 5.69 Å². The molecule has 0 radical (unpaired) electrons. The van der Waals surface area contributed by atoms with Crippen molar-refractivity contribution in [2.45, 2.75) is 40.3 Å². The molecule has 0 aliphatic carbocycles. The van der Waals surface area contributed by atoms with Gasteiger partial charge in [-0.3, -0.25) is 0 Å². The Labute approximate surface area is 176 Å². The summed E-state index contributed by atoms with van der Waals surface area (Å²) in [4.78, 5) is 13.3. The first kappa shape index (κ1) is 19.7. The minimum absolute atomic E-state index is 0.396. The zero-order valence-electron chi connectivity index (χ0n) is 17.5. The Hall–Kier alpha value is -3.61. The van der Waals surface area contributed by atoms with Crippen LogP contribution in [0.15, 0.2) is 48.9 Å². The lowest BCUT2D eigenvalue weighted by Gasteiger charge is -2.12. The molecule has 0 saturated heterocycles. The Bertz CT molecular complexity index is 1160. The van der Waals surface area contributed by atoms with Crippen molar-refractivity contribution in [1.82, 2.24) is 19.4 Å².